The van der Waals surface area contributed by atoms with E-state index >= 15 is 0 Å². The molecule has 18 heavy (non-hydrogen) atoms. The maximum absolute atomic E-state index is 11.9. The first-order valence-corrected chi connectivity index (χ1v) is 5.48. The Morgan fingerprint density at radius 2 is 2.17 bits per heavy atom. The topological polar surface area (TPSA) is 99.0 Å². The lowest BCUT2D eigenvalue weighted by molar-refractivity contribution is 0.0951. The molecule has 0 aliphatic carbocycles. The lowest BCUT2D eigenvalue weighted by atomic mass is 10.1. The van der Waals surface area contributed by atoms with Gasteiger partial charge in [0, 0.05) is 24.6 Å². The molecule has 0 atom stereocenters. The first-order chi connectivity index (χ1) is 8.56. The number of nitrogens with zero attached hydrogens (tertiary/aromatic N) is 2. The minimum atomic E-state index is -0.238. The molecule has 0 saturated carbocycles. The summed E-state index contributed by atoms with van der Waals surface area (Å²) in [6.45, 7) is 0.365. The van der Waals surface area contributed by atoms with E-state index in [1.54, 1.807) is 22.9 Å². The van der Waals surface area contributed by atoms with E-state index in [1.165, 1.54) is 0 Å². The Balaban J connectivity index is 2.03. The maximum Gasteiger partial charge on any atom is 0.253 e. The predicted octanol–water partition coefficient (Wildman–Crippen LogP) is 0.514. The van der Waals surface area contributed by atoms with Crippen LogP contribution >= 0.6 is 0 Å². The van der Waals surface area contributed by atoms with E-state index in [1.807, 2.05) is 19.3 Å². The van der Waals surface area contributed by atoms with Crippen molar-refractivity contribution in [3.05, 3.63) is 41.7 Å². The van der Waals surface area contributed by atoms with Gasteiger partial charge < -0.3 is 16.8 Å². The van der Waals surface area contributed by atoms with E-state index in [0.29, 0.717) is 23.5 Å². The van der Waals surface area contributed by atoms with Gasteiger partial charge in [0.15, 0.2) is 0 Å². The van der Waals surface area contributed by atoms with Gasteiger partial charge in [-0.15, -0.1) is 0 Å². The molecule has 6 heteroatoms. The summed E-state index contributed by atoms with van der Waals surface area (Å²) >= 11 is 0. The van der Waals surface area contributed by atoms with Gasteiger partial charge in [0.2, 0.25) is 0 Å². The number of carbonyl (C=O) groups excluding carboxylic acids is 1. The van der Waals surface area contributed by atoms with Crippen LogP contribution in [-0.2, 0) is 13.6 Å². The molecule has 6 nitrogen and oxygen atoms in total. The van der Waals surface area contributed by atoms with Gasteiger partial charge in [-0.05, 0) is 24.3 Å². The summed E-state index contributed by atoms with van der Waals surface area (Å²) in [5.74, 6) is -0.238. The van der Waals surface area contributed by atoms with E-state index in [4.69, 9.17) is 11.5 Å². The van der Waals surface area contributed by atoms with Gasteiger partial charge in [-0.3, -0.25) is 9.48 Å². The number of rotatable bonds is 3. The molecule has 0 saturated heterocycles. The molecule has 1 amide bonds. The molecule has 0 bridgehead atoms. The summed E-state index contributed by atoms with van der Waals surface area (Å²) in [7, 11) is 1.82. The number of carbonyl (C=O) groups is 1. The predicted molar refractivity (Wildman–Crippen MR) is 69.6 cm³/mol. The highest BCUT2D eigenvalue weighted by molar-refractivity contribution is 5.99. The molecule has 1 aromatic heterocycles. The van der Waals surface area contributed by atoms with Gasteiger partial charge in [-0.25, -0.2) is 0 Å². The van der Waals surface area contributed by atoms with Gasteiger partial charge in [0.05, 0.1) is 17.8 Å². The van der Waals surface area contributed by atoms with Gasteiger partial charge >= 0.3 is 0 Å². The Hall–Kier alpha value is -2.50. The summed E-state index contributed by atoms with van der Waals surface area (Å²) < 4.78 is 1.68. The number of hydrogen-bond acceptors (Lipinski definition) is 4. The van der Waals surface area contributed by atoms with Crippen molar-refractivity contribution in [3.8, 4) is 0 Å². The van der Waals surface area contributed by atoms with Crippen LogP contribution in [0.4, 0.5) is 11.4 Å². The average molecular weight is 245 g/mol. The van der Waals surface area contributed by atoms with Gasteiger partial charge in [0.1, 0.15) is 0 Å². The highest BCUT2D eigenvalue weighted by Gasteiger charge is 2.09. The normalized spacial score (nSPS) is 10.3. The molecule has 0 aliphatic rings. The van der Waals surface area contributed by atoms with Crippen molar-refractivity contribution < 1.29 is 4.79 Å². The van der Waals surface area contributed by atoms with Crippen molar-refractivity contribution in [1.82, 2.24) is 15.1 Å². The minimum Gasteiger partial charge on any atom is -0.399 e. The number of aromatic nitrogens is 2. The second kappa shape index (κ2) is 4.79. The van der Waals surface area contributed by atoms with Crippen molar-refractivity contribution in [2.45, 2.75) is 6.54 Å². The summed E-state index contributed by atoms with van der Waals surface area (Å²) in [5.41, 5.74) is 13.4. The van der Waals surface area contributed by atoms with E-state index in [-0.39, 0.29) is 5.91 Å². The molecular formula is C12H15N5O. The lowest BCUT2D eigenvalue weighted by Gasteiger charge is -2.07. The third-order valence-electron chi connectivity index (χ3n) is 2.52. The minimum absolute atomic E-state index is 0.238. The highest BCUT2D eigenvalue weighted by atomic mass is 16.1. The van der Waals surface area contributed by atoms with E-state index in [0.717, 1.165) is 5.69 Å². The van der Waals surface area contributed by atoms with Crippen LogP contribution < -0.4 is 16.8 Å². The Morgan fingerprint density at radius 3 is 2.78 bits per heavy atom. The molecule has 2 rings (SSSR count). The van der Waals surface area contributed by atoms with Crippen molar-refractivity contribution >= 4 is 17.3 Å². The smallest absolute Gasteiger partial charge is 0.253 e. The standard InChI is InChI=1S/C12H15N5O/c1-17-5-4-9(16-17)7-15-12(18)10-3-2-8(13)6-11(10)14/h2-6H,7,13-14H2,1H3,(H,15,18). The molecule has 0 spiro atoms. The lowest BCUT2D eigenvalue weighted by Crippen LogP contribution is -2.24. The first-order valence-electron chi connectivity index (χ1n) is 5.48. The quantitative estimate of drug-likeness (QED) is 0.686. The molecule has 0 unspecified atom stereocenters. The molecule has 1 aromatic carbocycles. The third kappa shape index (κ3) is 2.60. The Kier molecular flexibility index (Phi) is 3.18. The molecule has 0 aliphatic heterocycles. The van der Waals surface area contributed by atoms with Gasteiger partial charge in [0.25, 0.3) is 5.91 Å². The van der Waals surface area contributed by atoms with Crippen LogP contribution in [0.25, 0.3) is 0 Å². The fourth-order valence-corrected chi connectivity index (χ4v) is 1.61. The summed E-state index contributed by atoms with van der Waals surface area (Å²) in [4.78, 5) is 11.9. The second-order valence-electron chi connectivity index (χ2n) is 4.01. The molecule has 94 valence electrons. The summed E-state index contributed by atoms with van der Waals surface area (Å²) in [6, 6.07) is 6.66. The van der Waals surface area contributed by atoms with E-state index in [9.17, 15) is 4.79 Å². The monoisotopic (exact) mass is 245 g/mol. The zero-order chi connectivity index (χ0) is 13.1. The van der Waals surface area contributed by atoms with E-state index in [2.05, 4.69) is 10.4 Å². The van der Waals surface area contributed by atoms with Gasteiger partial charge in [-0.2, -0.15) is 5.10 Å². The van der Waals surface area contributed by atoms with Crippen LogP contribution in [0.5, 0.6) is 0 Å². The fourth-order valence-electron chi connectivity index (χ4n) is 1.61. The maximum atomic E-state index is 11.9. The molecular weight excluding hydrogens is 230 g/mol. The first kappa shape index (κ1) is 12.0. The number of benzene rings is 1. The van der Waals surface area contributed by atoms with Crippen LogP contribution in [0, 0.1) is 0 Å². The third-order valence-corrected chi connectivity index (χ3v) is 2.52. The average Bonchev–Trinajstić information content (AvgIpc) is 2.72. The number of anilines is 2. The number of aryl methyl sites for hydroxylation is 1. The van der Waals surface area contributed by atoms with Crippen molar-refractivity contribution in [1.29, 1.82) is 0 Å². The Morgan fingerprint density at radius 1 is 1.39 bits per heavy atom. The molecule has 0 radical (unpaired) electrons. The molecule has 5 N–H and O–H groups in total. The Bertz CT molecular complexity index is 576. The summed E-state index contributed by atoms with van der Waals surface area (Å²) in [5, 5.41) is 6.92. The summed E-state index contributed by atoms with van der Waals surface area (Å²) in [6.07, 6.45) is 1.82. The Labute approximate surface area is 105 Å². The van der Waals surface area contributed by atoms with Crippen LogP contribution in [-0.4, -0.2) is 15.7 Å². The van der Waals surface area contributed by atoms with Crippen LogP contribution in [0.1, 0.15) is 16.1 Å². The number of nitrogens with two attached hydrogens (primary N) is 2. The zero-order valence-corrected chi connectivity index (χ0v) is 10.1. The largest absolute Gasteiger partial charge is 0.399 e. The van der Waals surface area contributed by atoms with Crippen LogP contribution in [0.15, 0.2) is 30.5 Å². The van der Waals surface area contributed by atoms with Crippen molar-refractivity contribution in [2.75, 3.05) is 11.5 Å². The van der Waals surface area contributed by atoms with Gasteiger partial charge in [-0.1, -0.05) is 0 Å². The fraction of sp³-hybridized carbons (Fsp3) is 0.167. The number of nitrogen functional groups attached to an aromatic ring is 2. The number of hydrogen-bond donors (Lipinski definition) is 3. The van der Waals surface area contributed by atoms with Crippen LogP contribution in [0.3, 0.4) is 0 Å². The van der Waals surface area contributed by atoms with Crippen LogP contribution in [0.2, 0.25) is 0 Å². The van der Waals surface area contributed by atoms with Crippen molar-refractivity contribution in [3.63, 3.8) is 0 Å². The zero-order valence-electron chi connectivity index (χ0n) is 10.1. The molecule has 1 heterocycles. The SMILES string of the molecule is Cn1ccc(CNC(=O)c2ccc(N)cc2N)n1. The molecule has 0 fully saturated rings. The number of amides is 1. The molecule has 2 aromatic rings. The van der Waals surface area contributed by atoms with Crippen molar-refractivity contribution in [2.24, 2.45) is 7.05 Å². The van der Waals surface area contributed by atoms with E-state index < -0.39 is 0 Å². The highest BCUT2D eigenvalue weighted by Crippen LogP contribution is 2.15. The number of nitrogens with one attached hydrogen (secondary N) is 1. The second-order valence-corrected chi connectivity index (χ2v) is 4.01.